The van der Waals surface area contributed by atoms with Gasteiger partial charge < -0.3 is 14.4 Å². The first kappa shape index (κ1) is 15.3. The highest BCUT2D eigenvalue weighted by Crippen LogP contribution is 2.23. The van der Waals surface area contributed by atoms with Gasteiger partial charge in [-0.05, 0) is 24.3 Å². The summed E-state index contributed by atoms with van der Waals surface area (Å²) in [6, 6.07) is 13.6. The maximum Gasteiger partial charge on any atom is 0.155 e. The van der Waals surface area contributed by atoms with E-state index in [-0.39, 0.29) is 13.2 Å². The summed E-state index contributed by atoms with van der Waals surface area (Å²) in [6.45, 7) is 0.880. The third-order valence-electron chi connectivity index (χ3n) is 3.88. The van der Waals surface area contributed by atoms with Crippen molar-refractivity contribution < 1.29 is 9.84 Å². The first-order valence-electron chi connectivity index (χ1n) is 7.98. The smallest absolute Gasteiger partial charge is 0.155 e. The Morgan fingerprint density at radius 2 is 2.00 bits per heavy atom. The number of rotatable bonds is 6. The van der Waals surface area contributed by atoms with Gasteiger partial charge in [0.2, 0.25) is 0 Å². The Labute approximate surface area is 144 Å². The molecule has 1 aromatic carbocycles. The molecule has 0 amide bonds. The zero-order valence-electron chi connectivity index (χ0n) is 13.5. The minimum atomic E-state index is -0.0131. The van der Waals surface area contributed by atoms with Crippen LogP contribution in [0, 0.1) is 0 Å². The second-order valence-electron chi connectivity index (χ2n) is 5.53. The lowest BCUT2D eigenvalue weighted by molar-refractivity contribution is 0.201. The molecule has 0 spiro atoms. The molecule has 126 valence electrons. The third kappa shape index (κ3) is 3.09. The zero-order chi connectivity index (χ0) is 17.1. The molecule has 0 aliphatic heterocycles. The van der Waals surface area contributed by atoms with Gasteiger partial charge in [-0.15, -0.1) is 0 Å². The van der Waals surface area contributed by atoms with Gasteiger partial charge in [0.05, 0.1) is 18.8 Å². The molecule has 3 aromatic heterocycles. The van der Waals surface area contributed by atoms with Crippen LogP contribution >= 0.6 is 0 Å². The molecule has 0 fully saturated rings. The Bertz CT molecular complexity index is 992. The molecule has 0 radical (unpaired) electrons. The average Bonchev–Trinajstić information content (AvgIpc) is 3.30. The highest BCUT2D eigenvalue weighted by atomic mass is 16.5. The number of nitrogens with zero attached hydrogens (tertiary/aromatic N) is 5. The Morgan fingerprint density at radius 3 is 2.92 bits per heavy atom. The topological polar surface area (TPSA) is 77.5 Å². The first-order chi connectivity index (χ1) is 12.3. The van der Waals surface area contributed by atoms with E-state index >= 15 is 0 Å². The van der Waals surface area contributed by atoms with Crippen molar-refractivity contribution in [3.05, 3.63) is 66.9 Å². The summed E-state index contributed by atoms with van der Waals surface area (Å²) in [6.07, 6.45) is 5.26. The van der Waals surface area contributed by atoms with Crippen molar-refractivity contribution in [3.63, 3.8) is 0 Å². The van der Waals surface area contributed by atoms with Crippen LogP contribution in [0.25, 0.3) is 17.0 Å². The van der Waals surface area contributed by atoms with E-state index in [1.165, 1.54) is 0 Å². The highest BCUT2D eigenvalue weighted by molar-refractivity contribution is 5.58. The van der Waals surface area contributed by atoms with Crippen molar-refractivity contribution in [2.75, 3.05) is 13.2 Å². The second kappa shape index (κ2) is 6.74. The lowest BCUT2D eigenvalue weighted by atomic mass is 10.2. The number of aliphatic hydroxyl groups excluding tert-OH is 1. The number of aliphatic hydroxyl groups is 1. The van der Waals surface area contributed by atoms with Gasteiger partial charge in [-0.1, -0.05) is 18.2 Å². The van der Waals surface area contributed by atoms with Gasteiger partial charge in [0, 0.05) is 18.0 Å². The summed E-state index contributed by atoms with van der Waals surface area (Å²) in [7, 11) is 0. The maximum absolute atomic E-state index is 8.90. The molecule has 0 atom stereocenters. The molecule has 1 N–H and O–H groups in total. The predicted octanol–water partition coefficient (Wildman–Crippen LogP) is 2.01. The molecular formula is C18H17N5O2. The molecular weight excluding hydrogens is 318 g/mol. The van der Waals surface area contributed by atoms with Gasteiger partial charge in [0.25, 0.3) is 0 Å². The normalized spacial score (nSPS) is 11.1. The van der Waals surface area contributed by atoms with Crippen molar-refractivity contribution in [3.8, 4) is 17.1 Å². The van der Waals surface area contributed by atoms with Crippen molar-refractivity contribution >= 4 is 5.65 Å². The molecule has 4 rings (SSSR count). The Kier molecular flexibility index (Phi) is 4.14. The van der Waals surface area contributed by atoms with Gasteiger partial charge in [0.15, 0.2) is 5.65 Å². The lowest BCUT2D eigenvalue weighted by Gasteiger charge is -2.10. The molecule has 7 heteroatoms. The monoisotopic (exact) mass is 335 g/mol. The Hall–Kier alpha value is -3.19. The second-order valence-corrected chi connectivity index (χ2v) is 5.53. The van der Waals surface area contributed by atoms with Gasteiger partial charge in [-0.3, -0.25) is 0 Å². The number of aromatic nitrogens is 5. The van der Waals surface area contributed by atoms with Gasteiger partial charge in [-0.25, -0.2) is 14.5 Å². The number of imidazole rings is 1. The van der Waals surface area contributed by atoms with E-state index in [9.17, 15) is 0 Å². The third-order valence-corrected chi connectivity index (χ3v) is 3.88. The Balaban J connectivity index is 1.66. The molecule has 3 heterocycles. The maximum atomic E-state index is 8.90. The van der Waals surface area contributed by atoms with E-state index in [1.54, 1.807) is 12.5 Å². The van der Waals surface area contributed by atoms with E-state index in [4.69, 9.17) is 9.84 Å². The van der Waals surface area contributed by atoms with Crippen molar-refractivity contribution in [2.24, 2.45) is 0 Å². The summed E-state index contributed by atoms with van der Waals surface area (Å²) in [4.78, 5) is 8.70. The number of pyridine rings is 1. The fourth-order valence-corrected chi connectivity index (χ4v) is 2.78. The molecule has 0 aliphatic carbocycles. The van der Waals surface area contributed by atoms with Crippen LogP contribution in [0.5, 0.6) is 5.75 Å². The van der Waals surface area contributed by atoms with E-state index < -0.39 is 0 Å². The Morgan fingerprint density at radius 1 is 1.08 bits per heavy atom. The number of ether oxygens (including phenoxy) is 1. The molecule has 0 bridgehead atoms. The molecule has 4 aromatic rings. The standard InChI is InChI=1S/C18H17N5O2/c24-9-10-25-16-5-1-3-14(11-16)18-19-7-8-22(18)12-15-4-2-6-17-20-13-21-23(15)17/h1-8,11,13,24H,9-10,12H2. The summed E-state index contributed by atoms with van der Waals surface area (Å²) in [5.41, 5.74) is 2.78. The van der Waals surface area contributed by atoms with Gasteiger partial charge in [-0.2, -0.15) is 5.10 Å². The SMILES string of the molecule is OCCOc1cccc(-c2nccn2Cc2cccc3ncnn23)c1. The average molecular weight is 335 g/mol. The number of hydrogen-bond donors (Lipinski definition) is 1. The fourth-order valence-electron chi connectivity index (χ4n) is 2.78. The van der Waals surface area contributed by atoms with Crippen molar-refractivity contribution in [1.29, 1.82) is 0 Å². The minimum Gasteiger partial charge on any atom is -0.491 e. The van der Waals surface area contributed by atoms with Crippen LogP contribution < -0.4 is 4.74 Å². The van der Waals surface area contributed by atoms with Crippen LogP contribution in [0.3, 0.4) is 0 Å². The van der Waals surface area contributed by atoms with Crippen molar-refractivity contribution in [1.82, 2.24) is 24.1 Å². The molecule has 0 aliphatic rings. The van der Waals surface area contributed by atoms with Gasteiger partial charge >= 0.3 is 0 Å². The van der Waals surface area contributed by atoms with Gasteiger partial charge in [0.1, 0.15) is 24.5 Å². The number of fused-ring (bicyclic) bond motifs is 1. The van der Waals surface area contributed by atoms with Crippen LogP contribution in [0.4, 0.5) is 0 Å². The van der Waals surface area contributed by atoms with Crippen LogP contribution in [0.1, 0.15) is 5.69 Å². The highest BCUT2D eigenvalue weighted by Gasteiger charge is 2.10. The van der Waals surface area contributed by atoms with E-state index in [1.807, 2.05) is 53.2 Å². The lowest BCUT2D eigenvalue weighted by Crippen LogP contribution is -2.07. The predicted molar refractivity (Wildman–Crippen MR) is 92.3 cm³/mol. The molecule has 0 saturated carbocycles. The van der Waals surface area contributed by atoms with E-state index in [2.05, 4.69) is 19.6 Å². The molecule has 25 heavy (non-hydrogen) atoms. The first-order valence-corrected chi connectivity index (χ1v) is 7.98. The summed E-state index contributed by atoms with van der Waals surface area (Å²) in [5.74, 6) is 1.55. The fraction of sp³-hybridized carbons (Fsp3) is 0.167. The largest absolute Gasteiger partial charge is 0.491 e. The van der Waals surface area contributed by atoms with Crippen LogP contribution in [0.15, 0.2) is 61.2 Å². The van der Waals surface area contributed by atoms with E-state index in [0.717, 1.165) is 22.7 Å². The summed E-state index contributed by atoms with van der Waals surface area (Å²) in [5, 5.41) is 13.2. The van der Waals surface area contributed by atoms with E-state index in [0.29, 0.717) is 12.3 Å². The van der Waals surface area contributed by atoms with Crippen LogP contribution in [-0.4, -0.2) is 42.5 Å². The molecule has 0 unspecified atom stereocenters. The van der Waals surface area contributed by atoms with Crippen LogP contribution in [-0.2, 0) is 6.54 Å². The minimum absolute atomic E-state index is 0.0131. The summed E-state index contributed by atoms with van der Waals surface area (Å²) >= 11 is 0. The number of benzene rings is 1. The van der Waals surface area contributed by atoms with Crippen molar-refractivity contribution in [2.45, 2.75) is 6.54 Å². The van der Waals surface area contributed by atoms with Crippen LogP contribution in [0.2, 0.25) is 0 Å². The quantitative estimate of drug-likeness (QED) is 0.583. The number of hydrogen-bond acceptors (Lipinski definition) is 5. The molecule has 0 saturated heterocycles. The molecule has 7 nitrogen and oxygen atoms in total. The summed E-state index contributed by atoms with van der Waals surface area (Å²) < 4.78 is 9.37. The zero-order valence-corrected chi connectivity index (χ0v) is 13.5.